The largest absolute Gasteiger partial charge is 0.497 e. The van der Waals surface area contributed by atoms with Gasteiger partial charge < -0.3 is 19.1 Å². The van der Waals surface area contributed by atoms with Crippen molar-refractivity contribution >= 4 is 0 Å². The minimum atomic E-state index is -0.810. The predicted octanol–water partition coefficient (Wildman–Crippen LogP) is 3.80. The van der Waals surface area contributed by atoms with E-state index in [0.717, 1.165) is 12.1 Å². The Balaban J connectivity index is 2.19. The number of rotatable bonds is 5. The maximum absolute atomic E-state index is 14.1. The molecule has 5 nitrogen and oxygen atoms in total. The Bertz CT molecular complexity index is 908. The molecule has 0 radical (unpaired) electrons. The van der Waals surface area contributed by atoms with Crippen molar-refractivity contribution in [1.29, 1.82) is 0 Å². The van der Waals surface area contributed by atoms with Crippen LogP contribution >= 0.6 is 0 Å². The first-order chi connectivity index (χ1) is 12.1. The van der Waals surface area contributed by atoms with E-state index in [1.807, 2.05) is 0 Å². The molecule has 130 valence electrons. The summed E-state index contributed by atoms with van der Waals surface area (Å²) in [7, 11) is 3.01. The van der Waals surface area contributed by atoms with Crippen molar-refractivity contribution < 1.29 is 27.9 Å². The molecule has 1 aromatic heterocycles. The molecule has 0 aliphatic heterocycles. The highest BCUT2D eigenvalue weighted by molar-refractivity contribution is 5.77. The SMILES string of the molecule is COc1ccc(OC)c(-c2noc(-c3ccc(F)cc3F)c2CO)c1. The summed E-state index contributed by atoms with van der Waals surface area (Å²) in [5.41, 5.74) is 1.07. The predicted molar refractivity (Wildman–Crippen MR) is 86.3 cm³/mol. The van der Waals surface area contributed by atoms with E-state index in [0.29, 0.717) is 17.1 Å². The molecule has 1 N–H and O–H groups in total. The number of nitrogens with zero attached hydrogens (tertiary/aromatic N) is 1. The van der Waals surface area contributed by atoms with Crippen LogP contribution in [-0.2, 0) is 6.61 Å². The van der Waals surface area contributed by atoms with Crippen molar-refractivity contribution in [3.63, 3.8) is 0 Å². The second kappa shape index (κ2) is 6.90. The number of hydrogen-bond acceptors (Lipinski definition) is 5. The molecule has 0 bridgehead atoms. The van der Waals surface area contributed by atoms with Crippen LogP contribution in [0.1, 0.15) is 5.56 Å². The fraction of sp³-hybridized carbons (Fsp3) is 0.167. The zero-order valence-electron chi connectivity index (χ0n) is 13.5. The molecule has 0 fully saturated rings. The third kappa shape index (κ3) is 3.06. The van der Waals surface area contributed by atoms with Gasteiger partial charge in [-0.25, -0.2) is 8.78 Å². The van der Waals surface area contributed by atoms with Gasteiger partial charge in [-0.1, -0.05) is 5.16 Å². The molecule has 0 aliphatic carbocycles. The Kier molecular flexibility index (Phi) is 4.67. The lowest BCUT2D eigenvalue weighted by Gasteiger charge is -2.09. The van der Waals surface area contributed by atoms with Crippen LogP contribution in [0.3, 0.4) is 0 Å². The van der Waals surface area contributed by atoms with Gasteiger partial charge in [0, 0.05) is 11.6 Å². The van der Waals surface area contributed by atoms with Crippen molar-refractivity contribution in [2.45, 2.75) is 6.61 Å². The van der Waals surface area contributed by atoms with Gasteiger partial charge in [-0.2, -0.15) is 0 Å². The van der Waals surface area contributed by atoms with Crippen LogP contribution in [0.25, 0.3) is 22.6 Å². The van der Waals surface area contributed by atoms with E-state index in [1.54, 1.807) is 18.2 Å². The standard InChI is InChI=1S/C18H15F2NO4/c1-23-11-4-6-16(24-2)13(8-11)17-14(9-22)18(25-21-17)12-5-3-10(19)7-15(12)20/h3-8,22H,9H2,1-2H3. The number of ether oxygens (including phenoxy) is 2. The van der Waals surface area contributed by atoms with Gasteiger partial charge in [0.05, 0.1) is 32.0 Å². The smallest absolute Gasteiger partial charge is 0.175 e. The van der Waals surface area contributed by atoms with Gasteiger partial charge in [-0.3, -0.25) is 0 Å². The lowest BCUT2D eigenvalue weighted by Crippen LogP contribution is -1.95. The van der Waals surface area contributed by atoms with E-state index in [-0.39, 0.29) is 22.6 Å². The summed E-state index contributed by atoms with van der Waals surface area (Å²) in [6, 6.07) is 8.14. The highest BCUT2D eigenvalue weighted by Crippen LogP contribution is 2.39. The van der Waals surface area contributed by atoms with Gasteiger partial charge in [0.1, 0.15) is 28.8 Å². The number of hydrogen-bond donors (Lipinski definition) is 1. The second-order valence-electron chi connectivity index (χ2n) is 5.19. The highest BCUT2D eigenvalue weighted by Gasteiger charge is 2.23. The van der Waals surface area contributed by atoms with E-state index in [1.165, 1.54) is 20.3 Å². The fourth-order valence-electron chi connectivity index (χ4n) is 2.55. The van der Waals surface area contributed by atoms with Crippen molar-refractivity contribution in [1.82, 2.24) is 5.16 Å². The molecule has 7 heteroatoms. The molecule has 1 heterocycles. The van der Waals surface area contributed by atoms with Crippen LogP contribution < -0.4 is 9.47 Å². The Hall–Kier alpha value is -2.93. The minimum Gasteiger partial charge on any atom is -0.497 e. The Labute approximate surface area is 142 Å². The highest BCUT2D eigenvalue weighted by atomic mass is 19.1. The molecular weight excluding hydrogens is 332 g/mol. The van der Waals surface area contributed by atoms with Crippen molar-refractivity contribution in [3.05, 3.63) is 53.6 Å². The summed E-state index contributed by atoms with van der Waals surface area (Å²) >= 11 is 0. The van der Waals surface area contributed by atoms with E-state index in [9.17, 15) is 13.9 Å². The summed E-state index contributed by atoms with van der Waals surface area (Å²) in [4.78, 5) is 0. The number of methoxy groups -OCH3 is 2. The number of aliphatic hydroxyl groups is 1. The average Bonchev–Trinajstić information content (AvgIpc) is 3.04. The van der Waals surface area contributed by atoms with E-state index in [4.69, 9.17) is 14.0 Å². The monoisotopic (exact) mass is 347 g/mol. The lowest BCUT2D eigenvalue weighted by atomic mass is 10.0. The lowest BCUT2D eigenvalue weighted by molar-refractivity contribution is 0.281. The Morgan fingerprint density at radius 2 is 1.84 bits per heavy atom. The van der Waals surface area contributed by atoms with Crippen LogP contribution in [0.2, 0.25) is 0 Å². The summed E-state index contributed by atoms with van der Waals surface area (Å²) in [5.74, 6) is -0.456. The van der Waals surface area contributed by atoms with Crippen LogP contribution in [0.15, 0.2) is 40.9 Å². The quantitative estimate of drug-likeness (QED) is 0.761. The molecule has 0 unspecified atom stereocenters. The summed E-state index contributed by atoms with van der Waals surface area (Å²) in [5, 5.41) is 13.7. The number of aromatic nitrogens is 1. The average molecular weight is 347 g/mol. The molecule has 0 atom stereocenters. The molecule has 0 aliphatic rings. The van der Waals surface area contributed by atoms with Gasteiger partial charge in [0.25, 0.3) is 0 Å². The molecule has 0 spiro atoms. The van der Waals surface area contributed by atoms with Crippen molar-refractivity contribution in [2.24, 2.45) is 0 Å². The summed E-state index contributed by atoms with van der Waals surface area (Å²) < 4.78 is 43.0. The minimum absolute atomic E-state index is 0.00561. The zero-order valence-corrected chi connectivity index (χ0v) is 13.5. The van der Waals surface area contributed by atoms with Crippen LogP contribution in [0, 0.1) is 11.6 Å². The third-order valence-corrected chi connectivity index (χ3v) is 3.78. The zero-order chi connectivity index (χ0) is 18.0. The molecule has 3 rings (SSSR count). The molecule has 0 amide bonds. The normalized spacial score (nSPS) is 10.8. The van der Waals surface area contributed by atoms with Gasteiger partial charge in [0.15, 0.2) is 5.76 Å². The fourth-order valence-corrected chi connectivity index (χ4v) is 2.55. The van der Waals surface area contributed by atoms with Crippen LogP contribution in [0.4, 0.5) is 8.78 Å². The van der Waals surface area contributed by atoms with E-state index < -0.39 is 18.2 Å². The molecule has 3 aromatic rings. The first kappa shape index (κ1) is 16.9. The van der Waals surface area contributed by atoms with Crippen molar-refractivity contribution in [2.75, 3.05) is 14.2 Å². The number of halogens is 2. The molecule has 2 aromatic carbocycles. The van der Waals surface area contributed by atoms with E-state index >= 15 is 0 Å². The number of aliphatic hydroxyl groups excluding tert-OH is 1. The Morgan fingerprint density at radius 3 is 2.48 bits per heavy atom. The third-order valence-electron chi connectivity index (χ3n) is 3.78. The first-order valence-electron chi connectivity index (χ1n) is 7.36. The van der Waals surface area contributed by atoms with Gasteiger partial charge in [0.2, 0.25) is 0 Å². The van der Waals surface area contributed by atoms with Gasteiger partial charge in [-0.15, -0.1) is 0 Å². The Morgan fingerprint density at radius 1 is 1.04 bits per heavy atom. The maximum Gasteiger partial charge on any atom is 0.175 e. The van der Waals surface area contributed by atoms with E-state index in [2.05, 4.69) is 5.16 Å². The first-order valence-corrected chi connectivity index (χ1v) is 7.36. The van der Waals surface area contributed by atoms with Crippen molar-refractivity contribution in [3.8, 4) is 34.1 Å². The molecule has 0 saturated heterocycles. The summed E-state index contributed by atoms with van der Waals surface area (Å²) in [6.07, 6.45) is 0. The van der Waals surface area contributed by atoms with Gasteiger partial charge in [-0.05, 0) is 30.3 Å². The second-order valence-corrected chi connectivity index (χ2v) is 5.19. The van der Waals surface area contributed by atoms with Crippen LogP contribution in [0.5, 0.6) is 11.5 Å². The number of benzene rings is 2. The molecule has 0 saturated carbocycles. The van der Waals surface area contributed by atoms with Crippen LogP contribution in [-0.4, -0.2) is 24.5 Å². The topological polar surface area (TPSA) is 64.7 Å². The van der Waals surface area contributed by atoms with Gasteiger partial charge >= 0.3 is 0 Å². The molecule has 25 heavy (non-hydrogen) atoms. The molecular formula is C18H15F2NO4. The maximum atomic E-state index is 14.1. The summed E-state index contributed by atoms with van der Waals surface area (Å²) in [6.45, 7) is -0.453.